The number of amides is 1. The molecule has 0 unspecified atom stereocenters. The van der Waals surface area contributed by atoms with Gasteiger partial charge in [-0.05, 0) is 29.7 Å². The number of nitrogens with zero attached hydrogens (tertiary/aromatic N) is 1. The Morgan fingerprint density at radius 2 is 2.15 bits per heavy atom. The molecule has 2 aromatic heterocycles. The number of pyridine rings is 1. The van der Waals surface area contributed by atoms with Gasteiger partial charge < -0.3 is 5.32 Å². The summed E-state index contributed by atoms with van der Waals surface area (Å²) in [6, 6.07) is 11.6. The summed E-state index contributed by atoms with van der Waals surface area (Å²) in [6.07, 6.45) is 6.87. The van der Waals surface area contributed by atoms with Gasteiger partial charge in [0.05, 0.1) is 0 Å². The van der Waals surface area contributed by atoms with Crippen LogP contribution >= 0.6 is 11.3 Å². The van der Waals surface area contributed by atoms with Gasteiger partial charge in [-0.1, -0.05) is 18.2 Å². The molecule has 2 heterocycles. The van der Waals surface area contributed by atoms with E-state index >= 15 is 0 Å². The number of fused-ring (bicyclic) bond motifs is 1. The lowest BCUT2D eigenvalue weighted by molar-refractivity contribution is -0.111. The third-order valence-corrected chi connectivity index (χ3v) is 3.72. The summed E-state index contributed by atoms with van der Waals surface area (Å²) in [7, 11) is 0. The Bertz CT molecular complexity index is 758. The minimum absolute atomic E-state index is 0.136. The summed E-state index contributed by atoms with van der Waals surface area (Å²) in [4.78, 5) is 17.1. The van der Waals surface area contributed by atoms with Crippen molar-refractivity contribution in [2.45, 2.75) is 0 Å². The number of rotatable bonds is 3. The van der Waals surface area contributed by atoms with E-state index in [9.17, 15) is 4.79 Å². The topological polar surface area (TPSA) is 42.0 Å². The van der Waals surface area contributed by atoms with Crippen LogP contribution in [-0.2, 0) is 4.79 Å². The van der Waals surface area contributed by atoms with E-state index in [0.29, 0.717) is 0 Å². The first kappa shape index (κ1) is 12.6. The molecule has 0 bridgehead atoms. The van der Waals surface area contributed by atoms with Crippen LogP contribution in [0.15, 0.2) is 60.2 Å². The second-order valence-electron chi connectivity index (χ2n) is 4.24. The maximum Gasteiger partial charge on any atom is 0.248 e. The van der Waals surface area contributed by atoms with Crippen molar-refractivity contribution in [3.8, 4) is 0 Å². The average Bonchev–Trinajstić information content (AvgIpc) is 2.99. The predicted octanol–water partition coefficient (Wildman–Crippen LogP) is 3.95. The number of carbonyl (C=O) groups excluding carboxylic acids is 1. The first-order chi connectivity index (χ1) is 9.83. The monoisotopic (exact) mass is 280 g/mol. The summed E-state index contributed by atoms with van der Waals surface area (Å²) in [5, 5.41) is 6.87. The summed E-state index contributed by atoms with van der Waals surface area (Å²) in [5.41, 5.74) is 0.797. The van der Waals surface area contributed by atoms with Crippen LogP contribution in [0.1, 0.15) is 4.88 Å². The third kappa shape index (κ3) is 2.75. The maximum atomic E-state index is 11.9. The number of carbonyl (C=O) groups is 1. The molecule has 1 aromatic carbocycles. The van der Waals surface area contributed by atoms with Gasteiger partial charge in [0.1, 0.15) is 0 Å². The van der Waals surface area contributed by atoms with Crippen LogP contribution in [0.3, 0.4) is 0 Å². The molecule has 0 aliphatic rings. The number of hydrogen-bond donors (Lipinski definition) is 1. The minimum atomic E-state index is -0.136. The molecule has 0 aliphatic heterocycles. The van der Waals surface area contributed by atoms with Crippen LogP contribution in [0.5, 0.6) is 0 Å². The molecule has 0 radical (unpaired) electrons. The van der Waals surface area contributed by atoms with Crippen molar-refractivity contribution < 1.29 is 4.79 Å². The van der Waals surface area contributed by atoms with Crippen molar-refractivity contribution in [1.29, 1.82) is 0 Å². The SMILES string of the molecule is O=C(C=Cc1cccs1)Nc1cccc2cnccc12. The van der Waals surface area contributed by atoms with Gasteiger partial charge in [-0.25, -0.2) is 0 Å². The molecule has 3 rings (SSSR count). The Morgan fingerprint density at radius 1 is 1.20 bits per heavy atom. The van der Waals surface area contributed by atoms with Gasteiger partial charge in [0.25, 0.3) is 0 Å². The molecule has 0 aliphatic carbocycles. The minimum Gasteiger partial charge on any atom is -0.322 e. The van der Waals surface area contributed by atoms with E-state index in [1.54, 1.807) is 29.8 Å². The molecule has 1 N–H and O–H groups in total. The van der Waals surface area contributed by atoms with Crippen LogP contribution in [0.25, 0.3) is 16.8 Å². The van der Waals surface area contributed by atoms with E-state index in [2.05, 4.69) is 10.3 Å². The van der Waals surface area contributed by atoms with Crippen LogP contribution in [0, 0.1) is 0 Å². The predicted molar refractivity (Wildman–Crippen MR) is 83.7 cm³/mol. The van der Waals surface area contributed by atoms with Crippen LogP contribution in [-0.4, -0.2) is 10.9 Å². The Balaban J connectivity index is 1.81. The number of anilines is 1. The van der Waals surface area contributed by atoms with Crippen LogP contribution < -0.4 is 5.32 Å². The number of benzene rings is 1. The van der Waals surface area contributed by atoms with Crippen molar-refractivity contribution in [1.82, 2.24) is 4.98 Å². The largest absolute Gasteiger partial charge is 0.322 e. The zero-order valence-electron chi connectivity index (χ0n) is 10.6. The zero-order valence-corrected chi connectivity index (χ0v) is 11.4. The second kappa shape index (κ2) is 5.67. The van der Waals surface area contributed by atoms with E-state index in [1.807, 2.05) is 47.9 Å². The van der Waals surface area contributed by atoms with Crippen molar-refractivity contribution >= 4 is 39.8 Å². The molecular weight excluding hydrogens is 268 g/mol. The summed E-state index contributed by atoms with van der Waals surface area (Å²) in [6.45, 7) is 0. The second-order valence-corrected chi connectivity index (χ2v) is 5.22. The van der Waals surface area contributed by atoms with Crippen LogP contribution in [0.4, 0.5) is 5.69 Å². The van der Waals surface area contributed by atoms with Gasteiger partial charge in [0.2, 0.25) is 5.91 Å². The van der Waals surface area contributed by atoms with Gasteiger partial charge in [-0.3, -0.25) is 9.78 Å². The fourth-order valence-corrected chi connectivity index (χ4v) is 2.57. The molecule has 20 heavy (non-hydrogen) atoms. The molecule has 1 amide bonds. The van der Waals surface area contributed by atoms with Gasteiger partial charge in [-0.2, -0.15) is 0 Å². The van der Waals surface area contributed by atoms with Crippen molar-refractivity contribution in [3.63, 3.8) is 0 Å². The first-order valence-corrected chi connectivity index (χ1v) is 7.06. The smallest absolute Gasteiger partial charge is 0.248 e. The van der Waals surface area contributed by atoms with Gasteiger partial charge in [0.15, 0.2) is 0 Å². The lowest BCUT2D eigenvalue weighted by Gasteiger charge is -2.06. The Morgan fingerprint density at radius 3 is 3.00 bits per heavy atom. The summed E-state index contributed by atoms with van der Waals surface area (Å²) < 4.78 is 0. The summed E-state index contributed by atoms with van der Waals surface area (Å²) >= 11 is 1.60. The fraction of sp³-hybridized carbons (Fsp3) is 0. The van der Waals surface area contributed by atoms with Crippen molar-refractivity contribution in [2.75, 3.05) is 5.32 Å². The van der Waals surface area contributed by atoms with Crippen molar-refractivity contribution in [2.24, 2.45) is 0 Å². The molecule has 3 nitrogen and oxygen atoms in total. The highest BCUT2D eigenvalue weighted by Gasteiger charge is 2.03. The first-order valence-electron chi connectivity index (χ1n) is 6.18. The Labute approximate surface area is 120 Å². The standard InChI is InChI=1S/C16H12N2OS/c19-16(7-6-13-4-2-10-20-13)18-15-5-1-3-12-11-17-9-8-14(12)15/h1-11H,(H,18,19). The zero-order chi connectivity index (χ0) is 13.8. The number of thiophene rings is 1. The number of aromatic nitrogens is 1. The highest BCUT2D eigenvalue weighted by atomic mass is 32.1. The lowest BCUT2D eigenvalue weighted by Crippen LogP contribution is -2.07. The summed E-state index contributed by atoms with van der Waals surface area (Å²) in [5.74, 6) is -0.136. The lowest BCUT2D eigenvalue weighted by atomic mass is 10.1. The highest BCUT2D eigenvalue weighted by molar-refractivity contribution is 7.10. The molecule has 0 atom stereocenters. The van der Waals surface area contributed by atoms with Crippen molar-refractivity contribution in [3.05, 3.63) is 65.1 Å². The van der Waals surface area contributed by atoms with E-state index in [-0.39, 0.29) is 5.91 Å². The third-order valence-electron chi connectivity index (χ3n) is 2.88. The number of nitrogens with one attached hydrogen (secondary N) is 1. The van der Waals surface area contributed by atoms with Gasteiger partial charge in [-0.15, -0.1) is 11.3 Å². The molecule has 0 spiro atoms. The molecule has 4 heteroatoms. The molecule has 3 aromatic rings. The molecule has 0 saturated carbocycles. The van der Waals surface area contributed by atoms with E-state index in [1.165, 1.54) is 0 Å². The van der Waals surface area contributed by atoms with E-state index < -0.39 is 0 Å². The molecule has 0 fully saturated rings. The van der Waals surface area contributed by atoms with Gasteiger partial charge in [0, 0.05) is 39.8 Å². The maximum absolute atomic E-state index is 11.9. The Kier molecular flexibility index (Phi) is 3.56. The van der Waals surface area contributed by atoms with Gasteiger partial charge >= 0.3 is 0 Å². The number of hydrogen-bond acceptors (Lipinski definition) is 3. The fourth-order valence-electron chi connectivity index (χ4n) is 1.95. The molecule has 0 saturated heterocycles. The quantitative estimate of drug-likeness (QED) is 0.738. The molecular formula is C16H12N2OS. The Hall–Kier alpha value is -2.46. The molecule has 98 valence electrons. The van der Waals surface area contributed by atoms with E-state index in [0.717, 1.165) is 21.3 Å². The normalized spacial score (nSPS) is 11.0. The van der Waals surface area contributed by atoms with Crippen LogP contribution in [0.2, 0.25) is 0 Å². The highest BCUT2D eigenvalue weighted by Crippen LogP contribution is 2.22. The van der Waals surface area contributed by atoms with E-state index in [4.69, 9.17) is 0 Å². The average molecular weight is 280 g/mol.